The van der Waals surface area contributed by atoms with Gasteiger partial charge in [0.1, 0.15) is 11.0 Å². The van der Waals surface area contributed by atoms with Gasteiger partial charge < -0.3 is 10.2 Å². The number of piperidine rings is 1. The molecule has 27 heavy (non-hydrogen) atoms. The summed E-state index contributed by atoms with van der Waals surface area (Å²) in [4.78, 5) is 22.2. The Morgan fingerprint density at radius 3 is 2.89 bits per heavy atom. The van der Waals surface area contributed by atoms with Crippen molar-refractivity contribution in [2.75, 3.05) is 39.3 Å². The summed E-state index contributed by atoms with van der Waals surface area (Å²) < 4.78 is 1.25. The van der Waals surface area contributed by atoms with Gasteiger partial charge in [-0.1, -0.05) is 12.1 Å². The topological polar surface area (TPSA) is 72.5 Å². The van der Waals surface area contributed by atoms with Gasteiger partial charge >= 0.3 is 0 Å². The lowest BCUT2D eigenvalue weighted by Crippen LogP contribution is -2.55. The van der Waals surface area contributed by atoms with Gasteiger partial charge in [-0.3, -0.25) is 15.1 Å². The molecule has 1 aromatic carbocycles. The molecule has 5 rings (SSSR count). The number of benzene rings is 1. The van der Waals surface area contributed by atoms with Gasteiger partial charge in [0.05, 0.1) is 16.8 Å². The average molecular weight is 387 g/mol. The van der Waals surface area contributed by atoms with Gasteiger partial charge in [-0.05, 0) is 25.1 Å². The van der Waals surface area contributed by atoms with Gasteiger partial charge in [0.2, 0.25) is 5.91 Å². The summed E-state index contributed by atoms with van der Waals surface area (Å²) >= 11 is 1.77. The number of hydrazine groups is 1. The average Bonchev–Trinajstić information content (AvgIpc) is 3.31. The number of nitrogens with one attached hydrogen (secondary N) is 3. The van der Waals surface area contributed by atoms with Crippen LogP contribution in [0.4, 0.5) is 0 Å². The van der Waals surface area contributed by atoms with Crippen LogP contribution in [0.15, 0.2) is 24.3 Å². The highest BCUT2D eigenvalue weighted by molar-refractivity contribution is 7.18. The zero-order valence-electron chi connectivity index (χ0n) is 15.4. The Hall–Kier alpha value is -1.58. The number of aromatic nitrogens is 1. The summed E-state index contributed by atoms with van der Waals surface area (Å²) in [6.07, 6.45) is 1.08. The van der Waals surface area contributed by atoms with Gasteiger partial charge in [0, 0.05) is 44.7 Å². The minimum atomic E-state index is -0.0985. The lowest BCUT2D eigenvalue weighted by atomic mass is 9.89. The first kappa shape index (κ1) is 17.5. The molecule has 3 fully saturated rings. The number of carbonyl (C=O) groups is 1. The summed E-state index contributed by atoms with van der Waals surface area (Å²) in [5.74, 6) is 0.602. The number of rotatable bonds is 3. The summed E-state index contributed by atoms with van der Waals surface area (Å²) in [6, 6.07) is 8.62. The standard InChI is InChI=1S/C19H26N6OS/c26-19(18-13-11-20-6-5-14(13)22-23-18)25-9-7-24(8-10-25)12-17-21-15-3-1-2-4-16(15)27-17/h1-4,13-14,18,20,22-23H,5-12H2. The van der Waals surface area contributed by atoms with Crippen molar-refractivity contribution in [1.29, 1.82) is 0 Å². The third-order valence-electron chi connectivity index (χ3n) is 6.03. The van der Waals surface area contributed by atoms with Crippen molar-refractivity contribution < 1.29 is 4.79 Å². The maximum atomic E-state index is 13.0. The maximum Gasteiger partial charge on any atom is 0.241 e. The molecular weight excluding hydrogens is 360 g/mol. The van der Waals surface area contributed by atoms with Crippen molar-refractivity contribution >= 4 is 27.5 Å². The number of amides is 1. The first-order valence-corrected chi connectivity index (χ1v) is 10.7. The number of nitrogens with zero attached hydrogens (tertiary/aromatic N) is 3. The number of piperazine rings is 1. The van der Waals surface area contributed by atoms with E-state index in [2.05, 4.69) is 39.3 Å². The molecule has 0 spiro atoms. The Bertz CT molecular complexity index is 784. The fraction of sp³-hybridized carbons (Fsp3) is 0.579. The highest BCUT2D eigenvalue weighted by Gasteiger charge is 2.43. The van der Waals surface area contributed by atoms with Crippen molar-refractivity contribution in [3.05, 3.63) is 29.3 Å². The normalized spacial score (nSPS) is 29.2. The molecule has 3 aliphatic heterocycles. The molecule has 3 aliphatic rings. The number of hydrogen-bond acceptors (Lipinski definition) is 7. The van der Waals surface area contributed by atoms with Crippen molar-refractivity contribution in [2.45, 2.75) is 25.0 Å². The molecule has 2 aromatic rings. The summed E-state index contributed by atoms with van der Waals surface area (Å²) in [7, 11) is 0. The quantitative estimate of drug-likeness (QED) is 0.709. The van der Waals surface area contributed by atoms with Gasteiger partial charge in [0.25, 0.3) is 0 Å². The second kappa shape index (κ2) is 7.44. The summed E-state index contributed by atoms with van der Waals surface area (Å²) in [6.45, 7) is 6.24. The maximum absolute atomic E-state index is 13.0. The molecule has 3 N–H and O–H groups in total. The molecule has 0 bridgehead atoms. The van der Waals surface area contributed by atoms with E-state index in [0.717, 1.165) is 62.8 Å². The van der Waals surface area contributed by atoms with Crippen LogP contribution in [0.25, 0.3) is 10.2 Å². The molecule has 0 saturated carbocycles. The SMILES string of the molecule is O=C(C1NNC2CCNCC21)N1CCN(Cc2nc3ccccc3s2)CC1. The molecule has 7 nitrogen and oxygen atoms in total. The predicted molar refractivity (Wildman–Crippen MR) is 106 cm³/mol. The highest BCUT2D eigenvalue weighted by Crippen LogP contribution is 2.24. The smallest absolute Gasteiger partial charge is 0.241 e. The van der Waals surface area contributed by atoms with Gasteiger partial charge in [-0.15, -0.1) is 11.3 Å². The number of fused-ring (bicyclic) bond motifs is 2. The number of hydrogen-bond donors (Lipinski definition) is 3. The predicted octanol–water partition coefficient (Wildman–Crippen LogP) is 0.395. The Morgan fingerprint density at radius 2 is 2.04 bits per heavy atom. The van der Waals surface area contributed by atoms with Crippen LogP contribution in [0.2, 0.25) is 0 Å². The first-order valence-electron chi connectivity index (χ1n) is 9.85. The second-order valence-corrected chi connectivity index (χ2v) is 8.82. The molecule has 8 heteroatoms. The molecule has 1 aromatic heterocycles. The largest absolute Gasteiger partial charge is 0.339 e. The lowest BCUT2D eigenvalue weighted by Gasteiger charge is -2.37. The number of thiazole rings is 1. The third-order valence-corrected chi connectivity index (χ3v) is 7.05. The fourth-order valence-corrected chi connectivity index (χ4v) is 5.47. The molecule has 1 amide bonds. The van der Waals surface area contributed by atoms with E-state index in [4.69, 9.17) is 4.98 Å². The van der Waals surface area contributed by atoms with Crippen LogP contribution in [0, 0.1) is 5.92 Å². The third kappa shape index (κ3) is 3.48. The van der Waals surface area contributed by atoms with E-state index in [1.807, 2.05) is 11.0 Å². The van der Waals surface area contributed by atoms with Crippen molar-refractivity contribution in [1.82, 2.24) is 31.0 Å². The van der Waals surface area contributed by atoms with Crippen LogP contribution in [0.5, 0.6) is 0 Å². The molecule has 3 unspecified atom stereocenters. The van der Waals surface area contributed by atoms with Crippen LogP contribution in [0.1, 0.15) is 11.4 Å². The van der Waals surface area contributed by atoms with Crippen LogP contribution in [-0.4, -0.2) is 72.0 Å². The van der Waals surface area contributed by atoms with Crippen LogP contribution < -0.4 is 16.2 Å². The monoisotopic (exact) mass is 386 g/mol. The second-order valence-electron chi connectivity index (χ2n) is 7.71. The van der Waals surface area contributed by atoms with Crippen LogP contribution >= 0.6 is 11.3 Å². The zero-order chi connectivity index (χ0) is 18.2. The molecule has 3 saturated heterocycles. The molecule has 0 radical (unpaired) electrons. The van der Waals surface area contributed by atoms with E-state index in [1.165, 1.54) is 4.70 Å². The molecule has 3 atom stereocenters. The van der Waals surface area contributed by atoms with Gasteiger partial charge in [0.15, 0.2) is 0 Å². The minimum Gasteiger partial charge on any atom is -0.339 e. The van der Waals surface area contributed by atoms with Gasteiger partial charge in [-0.2, -0.15) is 0 Å². The van der Waals surface area contributed by atoms with E-state index in [0.29, 0.717) is 12.0 Å². The van der Waals surface area contributed by atoms with Crippen LogP contribution in [0.3, 0.4) is 0 Å². The van der Waals surface area contributed by atoms with Crippen LogP contribution in [-0.2, 0) is 11.3 Å². The van der Waals surface area contributed by atoms with Crippen molar-refractivity contribution in [3.8, 4) is 0 Å². The fourth-order valence-electron chi connectivity index (χ4n) is 4.46. The van der Waals surface area contributed by atoms with E-state index < -0.39 is 0 Å². The molecule has 4 heterocycles. The van der Waals surface area contributed by atoms with E-state index >= 15 is 0 Å². The highest BCUT2D eigenvalue weighted by atomic mass is 32.1. The number of para-hydroxylation sites is 1. The van der Waals surface area contributed by atoms with E-state index in [9.17, 15) is 4.79 Å². The zero-order valence-corrected chi connectivity index (χ0v) is 16.2. The van der Waals surface area contributed by atoms with E-state index in [1.54, 1.807) is 11.3 Å². The minimum absolute atomic E-state index is 0.0985. The lowest BCUT2D eigenvalue weighted by molar-refractivity contribution is -0.136. The Kier molecular flexibility index (Phi) is 4.83. The van der Waals surface area contributed by atoms with Crippen molar-refractivity contribution in [3.63, 3.8) is 0 Å². The molecule has 144 valence electrons. The number of carbonyl (C=O) groups excluding carboxylic acids is 1. The molecule has 0 aliphatic carbocycles. The molecular formula is C19H26N6OS. The Morgan fingerprint density at radius 1 is 1.19 bits per heavy atom. The van der Waals surface area contributed by atoms with Gasteiger partial charge in [-0.25, -0.2) is 10.4 Å². The summed E-state index contributed by atoms with van der Waals surface area (Å²) in [5.41, 5.74) is 7.67. The Balaban J connectivity index is 1.17. The summed E-state index contributed by atoms with van der Waals surface area (Å²) in [5, 5.41) is 4.59. The first-order chi connectivity index (χ1) is 13.3. The Labute approximate surface area is 163 Å². The van der Waals surface area contributed by atoms with Crippen molar-refractivity contribution in [2.24, 2.45) is 5.92 Å². The van der Waals surface area contributed by atoms with E-state index in [-0.39, 0.29) is 11.9 Å².